The Bertz CT molecular complexity index is 768. The van der Waals surface area contributed by atoms with Crippen LogP contribution in [0.2, 0.25) is 0 Å². The summed E-state index contributed by atoms with van der Waals surface area (Å²) in [6, 6.07) is 16.1. The van der Waals surface area contributed by atoms with E-state index in [1.165, 1.54) is 0 Å². The largest absolute Gasteiger partial charge is 0.480 e. The lowest BCUT2D eigenvalue weighted by atomic mass is 9.98. The average molecular weight is 343 g/mol. The Morgan fingerprint density at radius 3 is 2.33 bits per heavy atom. The van der Waals surface area contributed by atoms with Gasteiger partial charge in [0.15, 0.2) is 6.10 Å². The molecule has 24 heavy (non-hydrogen) atoms. The van der Waals surface area contributed by atoms with Gasteiger partial charge in [0.25, 0.3) is 0 Å². The highest BCUT2D eigenvalue weighted by molar-refractivity contribution is 7.84. The van der Waals surface area contributed by atoms with Crippen LogP contribution in [-0.4, -0.2) is 20.8 Å². The van der Waals surface area contributed by atoms with E-state index in [2.05, 4.69) is 4.72 Å². The zero-order valence-electron chi connectivity index (χ0n) is 14.0. The number of ether oxygens (including phenoxy) is 1. The number of carbonyl (C=O) groups excluding carboxylic acids is 1. The summed E-state index contributed by atoms with van der Waals surface area (Å²) in [5, 5.41) is 0. The first kappa shape index (κ1) is 16.9. The van der Waals surface area contributed by atoms with Gasteiger partial charge in [-0.25, -0.2) is 8.93 Å². The van der Waals surface area contributed by atoms with Crippen molar-refractivity contribution in [2.45, 2.75) is 37.7 Å². The number of rotatable bonds is 4. The van der Waals surface area contributed by atoms with E-state index in [0.717, 1.165) is 5.56 Å². The molecule has 3 atom stereocenters. The quantitative estimate of drug-likeness (QED) is 0.866. The predicted octanol–water partition coefficient (Wildman–Crippen LogP) is 3.42. The first-order valence-electron chi connectivity index (χ1n) is 7.91. The summed E-state index contributed by atoms with van der Waals surface area (Å²) in [7, 11) is -1.31. The van der Waals surface area contributed by atoms with Crippen molar-refractivity contribution in [3.05, 3.63) is 65.7 Å². The zero-order valence-corrected chi connectivity index (χ0v) is 14.8. The normalized spacial score (nSPS) is 21.0. The second kappa shape index (κ2) is 6.49. The van der Waals surface area contributed by atoms with Crippen LogP contribution in [0.5, 0.6) is 5.75 Å². The van der Waals surface area contributed by atoms with Crippen molar-refractivity contribution >= 4 is 16.8 Å². The summed E-state index contributed by atoms with van der Waals surface area (Å²) in [5.41, 5.74) is 1.45. The molecule has 2 aromatic rings. The topological polar surface area (TPSA) is 55.4 Å². The fourth-order valence-corrected chi connectivity index (χ4v) is 3.44. The molecule has 0 spiro atoms. The van der Waals surface area contributed by atoms with Crippen molar-refractivity contribution in [2.75, 3.05) is 0 Å². The molecule has 5 heteroatoms. The smallest absolute Gasteiger partial charge is 0.205 e. The maximum atomic E-state index is 12.9. The molecule has 0 bridgehead atoms. The number of fused-ring (bicyclic) bond motifs is 1. The molecular formula is C19H21NO3S. The Kier molecular flexibility index (Phi) is 4.56. The monoisotopic (exact) mass is 343 g/mol. The van der Waals surface area contributed by atoms with Crippen LogP contribution in [0.15, 0.2) is 54.6 Å². The number of para-hydroxylation sites is 1. The third kappa shape index (κ3) is 3.28. The maximum Gasteiger partial charge on any atom is 0.205 e. The minimum Gasteiger partial charge on any atom is -0.480 e. The lowest BCUT2D eigenvalue weighted by Gasteiger charge is -2.24. The summed E-state index contributed by atoms with van der Waals surface area (Å²) in [6.07, 6.45) is -0.726. The lowest BCUT2D eigenvalue weighted by molar-refractivity contribution is 0.0787. The van der Waals surface area contributed by atoms with E-state index in [9.17, 15) is 9.00 Å². The standard InChI is InChI=1S/C19H21NO3S/c1-19(2,3)24(22)20-16-14-11-7-8-12-15(14)23-18(16)17(21)13-9-5-4-6-10-13/h4-12,16,18,20H,1-3H3/t16-,18+,24+/m1/s1. The number of nitrogens with one attached hydrogen (secondary N) is 1. The molecule has 4 nitrogen and oxygen atoms in total. The third-order valence-electron chi connectivity index (χ3n) is 3.92. The van der Waals surface area contributed by atoms with Gasteiger partial charge < -0.3 is 4.74 Å². The van der Waals surface area contributed by atoms with Crippen molar-refractivity contribution < 1.29 is 13.7 Å². The second-order valence-electron chi connectivity index (χ2n) is 6.78. The Balaban J connectivity index is 1.94. The predicted molar refractivity (Wildman–Crippen MR) is 95.4 cm³/mol. The molecule has 1 aliphatic rings. The van der Waals surface area contributed by atoms with E-state index in [4.69, 9.17) is 4.74 Å². The lowest BCUT2D eigenvalue weighted by Crippen LogP contribution is -2.42. The fraction of sp³-hybridized carbons (Fsp3) is 0.316. The summed E-state index contributed by atoms with van der Waals surface area (Å²) in [4.78, 5) is 12.9. The van der Waals surface area contributed by atoms with Crippen LogP contribution >= 0.6 is 0 Å². The van der Waals surface area contributed by atoms with Crippen molar-refractivity contribution in [1.29, 1.82) is 0 Å². The number of ketones is 1. The van der Waals surface area contributed by atoms with Crippen molar-refractivity contribution in [2.24, 2.45) is 0 Å². The molecule has 0 aliphatic carbocycles. The number of benzene rings is 2. The highest BCUT2D eigenvalue weighted by atomic mass is 32.2. The van der Waals surface area contributed by atoms with Crippen LogP contribution in [0, 0.1) is 0 Å². The molecule has 1 heterocycles. The number of hydrogen-bond acceptors (Lipinski definition) is 3. The second-order valence-corrected chi connectivity index (χ2v) is 8.78. The molecule has 0 aromatic heterocycles. The van der Waals surface area contributed by atoms with Crippen molar-refractivity contribution in [3.63, 3.8) is 0 Å². The molecule has 0 fully saturated rings. The van der Waals surface area contributed by atoms with Gasteiger partial charge in [-0.15, -0.1) is 0 Å². The molecule has 0 radical (unpaired) electrons. The van der Waals surface area contributed by atoms with Gasteiger partial charge >= 0.3 is 0 Å². The molecule has 0 amide bonds. The van der Waals surface area contributed by atoms with Gasteiger partial charge in [-0.1, -0.05) is 48.5 Å². The summed E-state index contributed by atoms with van der Waals surface area (Å²) in [5.74, 6) is 0.547. The average Bonchev–Trinajstić information content (AvgIpc) is 2.93. The first-order valence-corrected chi connectivity index (χ1v) is 9.06. The van der Waals surface area contributed by atoms with Gasteiger partial charge in [-0.3, -0.25) is 4.79 Å². The van der Waals surface area contributed by atoms with Crippen LogP contribution in [0.4, 0.5) is 0 Å². The minimum absolute atomic E-state index is 0.116. The van der Waals surface area contributed by atoms with Crippen LogP contribution in [0.25, 0.3) is 0 Å². The number of carbonyl (C=O) groups is 1. The van der Waals surface area contributed by atoms with Crippen LogP contribution in [0.3, 0.4) is 0 Å². The number of Topliss-reactive ketones (excluding diaryl/α,β-unsaturated/α-hetero) is 1. The van der Waals surface area contributed by atoms with E-state index in [1.54, 1.807) is 12.1 Å². The van der Waals surface area contributed by atoms with Gasteiger partial charge in [0.1, 0.15) is 5.75 Å². The zero-order chi connectivity index (χ0) is 17.3. The summed E-state index contributed by atoms with van der Waals surface area (Å²) in [6.45, 7) is 5.68. The Morgan fingerprint density at radius 1 is 1.04 bits per heavy atom. The van der Waals surface area contributed by atoms with Crippen LogP contribution in [-0.2, 0) is 11.0 Å². The van der Waals surface area contributed by atoms with Crippen LogP contribution in [0.1, 0.15) is 42.7 Å². The van der Waals surface area contributed by atoms with E-state index in [-0.39, 0.29) is 5.78 Å². The van der Waals surface area contributed by atoms with Crippen molar-refractivity contribution in [3.8, 4) is 5.75 Å². The minimum atomic E-state index is -1.31. The maximum absolute atomic E-state index is 12.9. The fourth-order valence-electron chi connectivity index (χ4n) is 2.60. The van der Waals surface area contributed by atoms with Gasteiger partial charge in [-0.05, 0) is 26.8 Å². The Labute approximate surface area is 144 Å². The molecule has 3 rings (SSSR count). The Morgan fingerprint density at radius 2 is 1.67 bits per heavy atom. The molecule has 0 unspecified atom stereocenters. The van der Waals surface area contributed by atoms with Gasteiger partial charge in [-0.2, -0.15) is 0 Å². The molecule has 1 aliphatic heterocycles. The summed E-state index contributed by atoms with van der Waals surface area (Å²) < 4.78 is 21.1. The molecule has 0 saturated carbocycles. The summed E-state index contributed by atoms with van der Waals surface area (Å²) >= 11 is 0. The van der Waals surface area contributed by atoms with E-state index >= 15 is 0 Å². The third-order valence-corrected chi connectivity index (χ3v) is 5.50. The molecule has 1 N–H and O–H groups in total. The van der Waals surface area contributed by atoms with Gasteiger partial charge in [0.05, 0.1) is 21.8 Å². The van der Waals surface area contributed by atoms with Crippen LogP contribution < -0.4 is 9.46 Å². The van der Waals surface area contributed by atoms with Gasteiger partial charge in [0.2, 0.25) is 5.78 Å². The van der Waals surface area contributed by atoms with Gasteiger partial charge in [0, 0.05) is 11.1 Å². The highest BCUT2D eigenvalue weighted by Gasteiger charge is 2.41. The van der Waals surface area contributed by atoms with Crippen molar-refractivity contribution in [1.82, 2.24) is 4.72 Å². The highest BCUT2D eigenvalue weighted by Crippen LogP contribution is 2.38. The van der Waals surface area contributed by atoms with E-state index in [1.807, 2.05) is 63.2 Å². The van der Waals surface area contributed by atoms with E-state index < -0.39 is 27.9 Å². The molecule has 126 valence electrons. The SMILES string of the molecule is CC(C)(C)[S@](=O)N[C@@H]1c2ccccc2O[C@@H]1C(=O)c1ccccc1. The molecule has 2 aromatic carbocycles. The van der Waals surface area contributed by atoms with E-state index in [0.29, 0.717) is 11.3 Å². The molecule has 0 saturated heterocycles. The number of hydrogen-bond donors (Lipinski definition) is 1. The molecular weight excluding hydrogens is 322 g/mol. The Hall–Kier alpha value is -1.98. The first-order chi connectivity index (χ1) is 11.4.